The zero-order valence-electron chi connectivity index (χ0n) is 8.92. The van der Waals surface area contributed by atoms with Crippen molar-refractivity contribution < 1.29 is 4.74 Å². The lowest BCUT2D eigenvalue weighted by Gasteiger charge is -2.40. The summed E-state index contributed by atoms with van der Waals surface area (Å²) in [5.41, 5.74) is 8.69. The van der Waals surface area contributed by atoms with Crippen LogP contribution in [0.1, 0.15) is 30.4 Å². The van der Waals surface area contributed by atoms with Gasteiger partial charge in [-0.05, 0) is 42.5 Å². The number of ether oxygens (including phenoxy) is 1. The molecule has 1 aliphatic carbocycles. The summed E-state index contributed by atoms with van der Waals surface area (Å²) in [6.07, 6.45) is 3.40. The average molecular weight is 270 g/mol. The third-order valence-electron chi connectivity index (χ3n) is 3.15. The van der Waals surface area contributed by atoms with Crippen LogP contribution >= 0.6 is 15.9 Å². The van der Waals surface area contributed by atoms with Crippen LogP contribution in [0.3, 0.4) is 0 Å². The van der Waals surface area contributed by atoms with Gasteiger partial charge in [0.1, 0.15) is 0 Å². The molecule has 0 atom stereocenters. The summed E-state index contributed by atoms with van der Waals surface area (Å²) in [7, 11) is 1.72. The zero-order valence-corrected chi connectivity index (χ0v) is 10.5. The molecule has 2 nitrogen and oxygen atoms in total. The lowest BCUT2D eigenvalue weighted by atomic mass is 9.71. The van der Waals surface area contributed by atoms with Crippen LogP contribution < -0.4 is 5.73 Å². The van der Waals surface area contributed by atoms with Crippen LogP contribution in [0.4, 0.5) is 0 Å². The molecule has 1 fully saturated rings. The molecule has 1 aromatic rings. The Hall–Kier alpha value is -0.380. The van der Waals surface area contributed by atoms with Crippen LogP contribution in [0.15, 0.2) is 22.7 Å². The van der Waals surface area contributed by atoms with Gasteiger partial charge >= 0.3 is 0 Å². The molecule has 1 aromatic carbocycles. The van der Waals surface area contributed by atoms with Crippen molar-refractivity contribution in [3.8, 4) is 0 Å². The number of halogens is 1. The van der Waals surface area contributed by atoms with Crippen molar-refractivity contribution >= 4 is 15.9 Å². The molecular formula is C12H16BrNO. The molecule has 0 amide bonds. The number of nitrogens with two attached hydrogens (primary N) is 1. The van der Waals surface area contributed by atoms with Gasteiger partial charge in [-0.15, -0.1) is 0 Å². The molecule has 0 saturated heterocycles. The second kappa shape index (κ2) is 4.24. The smallest absolute Gasteiger partial charge is 0.0716 e. The van der Waals surface area contributed by atoms with Crippen LogP contribution in [-0.2, 0) is 16.9 Å². The first-order valence-corrected chi connectivity index (χ1v) is 6.02. The normalized spacial score (nSPS) is 18.6. The molecule has 0 radical (unpaired) electrons. The highest BCUT2D eigenvalue weighted by Gasteiger charge is 2.36. The van der Waals surface area contributed by atoms with Gasteiger partial charge in [-0.3, -0.25) is 0 Å². The minimum absolute atomic E-state index is 0.113. The maximum absolute atomic E-state index is 6.35. The third-order valence-corrected chi connectivity index (χ3v) is 3.65. The standard InChI is InChI=1S/C12H16BrNO/c1-15-8-9-3-4-10(13)7-11(9)12(14)5-2-6-12/h3-4,7H,2,5-6,8,14H2,1H3. The molecule has 3 heteroatoms. The second-order valence-corrected chi connectivity index (χ2v) is 5.16. The van der Waals surface area contributed by atoms with Gasteiger partial charge in [0.2, 0.25) is 0 Å². The van der Waals surface area contributed by atoms with Crippen molar-refractivity contribution in [1.82, 2.24) is 0 Å². The zero-order chi connectivity index (χ0) is 10.9. The third kappa shape index (κ3) is 2.10. The molecule has 1 saturated carbocycles. The highest BCUT2D eigenvalue weighted by atomic mass is 79.9. The van der Waals surface area contributed by atoms with Gasteiger partial charge in [0.05, 0.1) is 6.61 Å². The molecule has 1 aliphatic rings. The summed E-state index contributed by atoms with van der Waals surface area (Å²) in [5.74, 6) is 0. The fourth-order valence-corrected chi connectivity index (χ4v) is 2.48. The predicted molar refractivity (Wildman–Crippen MR) is 64.6 cm³/mol. The van der Waals surface area contributed by atoms with Crippen molar-refractivity contribution in [2.45, 2.75) is 31.4 Å². The van der Waals surface area contributed by atoms with E-state index in [0.717, 1.165) is 17.3 Å². The molecule has 0 aliphatic heterocycles. The molecular weight excluding hydrogens is 254 g/mol. The fraction of sp³-hybridized carbons (Fsp3) is 0.500. The van der Waals surface area contributed by atoms with Crippen molar-refractivity contribution in [3.05, 3.63) is 33.8 Å². The highest BCUT2D eigenvalue weighted by molar-refractivity contribution is 9.10. The first-order valence-electron chi connectivity index (χ1n) is 5.22. The van der Waals surface area contributed by atoms with E-state index < -0.39 is 0 Å². The van der Waals surface area contributed by atoms with E-state index in [2.05, 4.69) is 28.1 Å². The molecule has 0 unspecified atom stereocenters. The van der Waals surface area contributed by atoms with Gasteiger partial charge in [-0.2, -0.15) is 0 Å². The van der Waals surface area contributed by atoms with Gasteiger partial charge in [-0.25, -0.2) is 0 Å². The van der Waals surface area contributed by atoms with E-state index in [-0.39, 0.29) is 5.54 Å². The van der Waals surface area contributed by atoms with Crippen LogP contribution in [0.5, 0.6) is 0 Å². The summed E-state index contributed by atoms with van der Waals surface area (Å²) >= 11 is 3.50. The van der Waals surface area contributed by atoms with Crippen molar-refractivity contribution in [2.75, 3.05) is 7.11 Å². The Labute approximate surface area is 98.9 Å². The average Bonchev–Trinajstić information content (AvgIpc) is 2.17. The van der Waals surface area contributed by atoms with Crippen LogP contribution in [0, 0.1) is 0 Å². The highest BCUT2D eigenvalue weighted by Crippen LogP contribution is 2.41. The Morgan fingerprint density at radius 3 is 2.73 bits per heavy atom. The molecule has 0 heterocycles. The van der Waals surface area contributed by atoms with Gasteiger partial charge in [-0.1, -0.05) is 22.0 Å². The summed E-state index contributed by atoms with van der Waals surface area (Å²) in [4.78, 5) is 0. The quantitative estimate of drug-likeness (QED) is 0.916. The summed E-state index contributed by atoms with van der Waals surface area (Å²) in [5, 5.41) is 0. The van der Waals surface area contributed by atoms with Crippen LogP contribution in [0.2, 0.25) is 0 Å². The van der Waals surface area contributed by atoms with E-state index in [4.69, 9.17) is 10.5 Å². The monoisotopic (exact) mass is 269 g/mol. The van der Waals surface area contributed by atoms with E-state index >= 15 is 0 Å². The molecule has 0 aromatic heterocycles. The van der Waals surface area contributed by atoms with E-state index in [1.54, 1.807) is 7.11 Å². The van der Waals surface area contributed by atoms with E-state index in [1.165, 1.54) is 17.5 Å². The lowest BCUT2D eigenvalue weighted by Crippen LogP contribution is -2.44. The lowest BCUT2D eigenvalue weighted by molar-refractivity contribution is 0.178. The first-order chi connectivity index (χ1) is 7.15. The maximum Gasteiger partial charge on any atom is 0.0716 e. The van der Waals surface area contributed by atoms with Crippen molar-refractivity contribution in [2.24, 2.45) is 5.73 Å². The Morgan fingerprint density at radius 1 is 1.47 bits per heavy atom. The molecule has 0 bridgehead atoms. The number of hydrogen-bond acceptors (Lipinski definition) is 2. The van der Waals surface area contributed by atoms with E-state index in [1.807, 2.05) is 6.07 Å². The Balaban J connectivity index is 2.38. The molecule has 0 spiro atoms. The molecule has 2 rings (SSSR count). The number of methoxy groups -OCH3 is 1. The van der Waals surface area contributed by atoms with Crippen molar-refractivity contribution in [1.29, 1.82) is 0 Å². The molecule has 15 heavy (non-hydrogen) atoms. The van der Waals surface area contributed by atoms with E-state index in [0.29, 0.717) is 6.61 Å². The Morgan fingerprint density at radius 2 is 2.20 bits per heavy atom. The maximum atomic E-state index is 6.35. The van der Waals surface area contributed by atoms with E-state index in [9.17, 15) is 0 Å². The van der Waals surface area contributed by atoms with Gasteiger partial charge < -0.3 is 10.5 Å². The van der Waals surface area contributed by atoms with Crippen LogP contribution in [0.25, 0.3) is 0 Å². The predicted octanol–water partition coefficient (Wildman–Crippen LogP) is 2.93. The Bertz CT molecular complexity index is 361. The number of rotatable bonds is 3. The van der Waals surface area contributed by atoms with Crippen molar-refractivity contribution in [3.63, 3.8) is 0 Å². The largest absolute Gasteiger partial charge is 0.380 e. The molecule has 82 valence electrons. The summed E-state index contributed by atoms with van der Waals surface area (Å²) < 4.78 is 6.29. The minimum Gasteiger partial charge on any atom is -0.380 e. The van der Waals surface area contributed by atoms with Crippen LogP contribution in [-0.4, -0.2) is 7.11 Å². The summed E-state index contributed by atoms with van der Waals surface area (Å²) in [6, 6.07) is 6.27. The number of hydrogen-bond donors (Lipinski definition) is 1. The number of benzene rings is 1. The summed E-state index contributed by atoms with van der Waals surface area (Å²) in [6.45, 7) is 0.640. The first kappa shape index (κ1) is 11.1. The van der Waals surface area contributed by atoms with Gasteiger partial charge in [0.25, 0.3) is 0 Å². The topological polar surface area (TPSA) is 35.2 Å². The van der Waals surface area contributed by atoms with Gasteiger partial charge in [0, 0.05) is 17.1 Å². The fourth-order valence-electron chi connectivity index (χ4n) is 2.12. The Kier molecular flexibility index (Phi) is 3.14. The molecule has 2 N–H and O–H groups in total. The minimum atomic E-state index is -0.113. The second-order valence-electron chi connectivity index (χ2n) is 4.24. The van der Waals surface area contributed by atoms with Gasteiger partial charge in [0.15, 0.2) is 0 Å². The SMILES string of the molecule is COCc1ccc(Br)cc1C1(N)CCC1.